The number of amides is 1. The number of fused-ring (bicyclic) bond motifs is 1. The van der Waals surface area contributed by atoms with Gasteiger partial charge in [-0.1, -0.05) is 45.0 Å². The summed E-state index contributed by atoms with van der Waals surface area (Å²) in [5.41, 5.74) is 9.15. The van der Waals surface area contributed by atoms with Crippen molar-refractivity contribution in [1.29, 1.82) is 0 Å². The Balaban J connectivity index is 1.88. The van der Waals surface area contributed by atoms with Gasteiger partial charge in [0.2, 0.25) is 0 Å². The molecule has 4 heteroatoms. The number of rotatable bonds is 1. The first-order valence-electron chi connectivity index (χ1n) is 7.54. The van der Waals surface area contributed by atoms with Crippen LogP contribution in [0.3, 0.4) is 0 Å². The van der Waals surface area contributed by atoms with Crippen LogP contribution in [0.1, 0.15) is 31.9 Å². The van der Waals surface area contributed by atoms with Crippen molar-refractivity contribution in [2.24, 2.45) is 0 Å². The van der Waals surface area contributed by atoms with Crippen LogP contribution in [0, 0.1) is 0 Å². The van der Waals surface area contributed by atoms with E-state index < -0.39 is 0 Å². The third-order valence-electron chi connectivity index (χ3n) is 3.77. The number of nitrogens with two attached hydrogens (primary N) is 1. The molecule has 118 valence electrons. The fourth-order valence-electron chi connectivity index (χ4n) is 2.41. The van der Waals surface area contributed by atoms with Crippen LogP contribution in [-0.4, -0.2) is 5.91 Å². The lowest BCUT2D eigenvalue weighted by molar-refractivity contribution is -0.115. The molecule has 0 aromatic heterocycles. The highest BCUT2D eigenvalue weighted by Crippen LogP contribution is 2.33. The number of carbonyl (C=O) groups is 1. The smallest absolute Gasteiger partial charge is 0.291 e. The SMILES string of the molecule is CC(C)(C)c1ccc(/C=C2/Oc3ccc(N)cc3NC2=O)cc1. The maximum Gasteiger partial charge on any atom is 0.291 e. The Hall–Kier alpha value is -2.75. The van der Waals surface area contributed by atoms with Crippen molar-refractivity contribution in [3.8, 4) is 5.75 Å². The highest BCUT2D eigenvalue weighted by Gasteiger charge is 2.22. The molecule has 1 amide bonds. The zero-order chi connectivity index (χ0) is 16.6. The summed E-state index contributed by atoms with van der Waals surface area (Å²) in [7, 11) is 0. The van der Waals surface area contributed by atoms with Crippen LogP contribution in [-0.2, 0) is 10.2 Å². The van der Waals surface area contributed by atoms with Crippen LogP contribution < -0.4 is 15.8 Å². The average Bonchev–Trinajstić information content (AvgIpc) is 2.48. The van der Waals surface area contributed by atoms with Crippen molar-refractivity contribution >= 4 is 23.4 Å². The number of benzene rings is 2. The van der Waals surface area contributed by atoms with Crippen molar-refractivity contribution in [3.63, 3.8) is 0 Å². The number of ether oxygens (including phenoxy) is 1. The number of nitrogen functional groups attached to an aromatic ring is 1. The molecule has 2 aromatic rings. The van der Waals surface area contributed by atoms with Gasteiger partial charge in [0, 0.05) is 5.69 Å². The van der Waals surface area contributed by atoms with Gasteiger partial charge in [-0.15, -0.1) is 0 Å². The Kier molecular flexibility index (Phi) is 3.60. The van der Waals surface area contributed by atoms with E-state index in [1.54, 1.807) is 24.3 Å². The normalized spacial score (nSPS) is 15.8. The lowest BCUT2D eigenvalue weighted by atomic mass is 9.87. The van der Waals surface area contributed by atoms with Crippen LogP contribution in [0.2, 0.25) is 0 Å². The summed E-state index contributed by atoms with van der Waals surface area (Å²) in [6, 6.07) is 13.3. The molecule has 0 aliphatic carbocycles. The van der Waals surface area contributed by atoms with E-state index in [0.29, 0.717) is 17.1 Å². The molecule has 0 bridgehead atoms. The average molecular weight is 308 g/mol. The Labute approximate surface area is 136 Å². The van der Waals surface area contributed by atoms with Gasteiger partial charge in [-0.2, -0.15) is 0 Å². The van der Waals surface area contributed by atoms with Gasteiger partial charge in [-0.3, -0.25) is 4.79 Å². The monoisotopic (exact) mass is 308 g/mol. The number of anilines is 2. The van der Waals surface area contributed by atoms with Gasteiger partial charge < -0.3 is 15.8 Å². The molecule has 0 saturated carbocycles. The maximum atomic E-state index is 12.2. The topological polar surface area (TPSA) is 64.3 Å². The lowest BCUT2D eigenvalue weighted by Crippen LogP contribution is -2.23. The van der Waals surface area contributed by atoms with Gasteiger partial charge >= 0.3 is 0 Å². The second-order valence-electron chi connectivity index (χ2n) is 6.69. The van der Waals surface area contributed by atoms with Gasteiger partial charge in [0.05, 0.1) is 5.69 Å². The van der Waals surface area contributed by atoms with E-state index in [9.17, 15) is 4.79 Å². The quantitative estimate of drug-likeness (QED) is 0.619. The molecule has 0 radical (unpaired) electrons. The van der Waals surface area contributed by atoms with Crippen molar-refractivity contribution in [1.82, 2.24) is 0 Å². The molecule has 1 heterocycles. The summed E-state index contributed by atoms with van der Waals surface area (Å²) >= 11 is 0. The molecular weight excluding hydrogens is 288 g/mol. The van der Waals surface area contributed by atoms with Gasteiger partial charge in [-0.05, 0) is 40.8 Å². The molecule has 0 atom stereocenters. The molecule has 1 aliphatic heterocycles. The maximum absolute atomic E-state index is 12.2. The molecule has 0 saturated heterocycles. The van der Waals surface area contributed by atoms with Crippen LogP contribution in [0.25, 0.3) is 6.08 Å². The predicted molar refractivity (Wildman–Crippen MR) is 93.2 cm³/mol. The first kappa shape index (κ1) is 15.2. The molecule has 1 aliphatic rings. The van der Waals surface area contributed by atoms with Crippen molar-refractivity contribution < 1.29 is 9.53 Å². The Morgan fingerprint density at radius 2 is 1.78 bits per heavy atom. The minimum absolute atomic E-state index is 0.100. The van der Waals surface area contributed by atoms with Gasteiger partial charge in [-0.25, -0.2) is 0 Å². The molecule has 3 rings (SSSR count). The Morgan fingerprint density at radius 1 is 1.09 bits per heavy atom. The summed E-state index contributed by atoms with van der Waals surface area (Å²) in [5.74, 6) is 0.588. The molecule has 4 nitrogen and oxygen atoms in total. The van der Waals surface area contributed by atoms with Crippen molar-refractivity contribution in [2.45, 2.75) is 26.2 Å². The number of hydrogen-bond donors (Lipinski definition) is 2. The minimum atomic E-state index is -0.275. The first-order valence-corrected chi connectivity index (χ1v) is 7.54. The van der Waals surface area contributed by atoms with E-state index in [1.165, 1.54) is 5.56 Å². The zero-order valence-corrected chi connectivity index (χ0v) is 13.5. The Morgan fingerprint density at radius 3 is 2.43 bits per heavy atom. The van der Waals surface area contributed by atoms with Gasteiger partial charge in [0.1, 0.15) is 0 Å². The second kappa shape index (κ2) is 5.47. The first-order chi connectivity index (χ1) is 10.8. The largest absolute Gasteiger partial charge is 0.449 e. The molecule has 0 spiro atoms. The number of nitrogens with one attached hydrogen (secondary N) is 1. The molecule has 23 heavy (non-hydrogen) atoms. The van der Waals surface area contributed by atoms with E-state index in [0.717, 1.165) is 5.56 Å². The van der Waals surface area contributed by atoms with Gasteiger partial charge in [0.25, 0.3) is 5.91 Å². The van der Waals surface area contributed by atoms with E-state index in [-0.39, 0.29) is 17.1 Å². The highest BCUT2D eigenvalue weighted by atomic mass is 16.5. The van der Waals surface area contributed by atoms with Crippen LogP contribution in [0.5, 0.6) is 5.75 Å². The zero-order valence-electron chi connectivity index (χ0n) is 13.5. The van der Waals surface area contributed by atoms with Crippen molar-refractivity contribution in [2.75, 3.05) is 11.1 Å². The molecule has 0 unspecified atom stereocenters. The number of carbonyl (C=O) groups excluding carboxylic acids is 1. The summed E-state index contributed by atoms with van der Waals surface area (Å²) in [6.07, 6.45) is 1.74. The summed E-state index contributed by atoms with van der Waals surface area (Å²) in [5, 5.41) is 2.79. The van der Waals surface area contributed by atoms with E-state index in [4.69, 9.17) is 10.5 Å². The standard InChI is InChI=1S/C19H20N2O2/c1-19(2,3)13-6-4-12(5-7-13)10-17-18(22)21-15-11-14(20)8-9-16(15)23-17/h4-11H,20H2,1-3H3,(H,21,22)/b17-10+. The fraction of sp³-hybridized carbons (Fsp3) is 0.211. The molecular formula is C19H20N2O2. The van der Waals surface area contributed by atoms with Crippen LogP contribution in [0.4, 0.5) is 11.4 Å². The second-order valence-corrected chi connectivity index (χ2v) is 6.69. The summed E-state index contributed by atoms with van der Waals surface area (Å²) < 4.78 is 5.69. The van der Waals surface area contributed by atoms with Crippen LogP contribution in [0.15, 0.2) is 48.2 Å². The third kappa shape index (κ3) is 3.21. The summed E-state index contributed by atoms with van der Waals surface area (Å²) in [6.45, 7) is 6.50. The molecule has 0 fully saturated rings. The lowest BCUT2D eigenvalue weighted by Gasteiger charge is -2.21. The third-order valence-corrected chi connectivity index (χ3v) is 3.77. The van der Waals surface area contributed by atoms with Crippen molar-refractivity contribution in [3.05, 3.63) is 59.4 Å². The predicted octanol–water partition coefficient (Wildman–Crippen LogP) is 3.94. The summed E-state index contributed by atoms with van der Waals surface area (Å²) in [4.78, 5) is 12.2. The van der Waals surface area contributed by atoms with Gasteiger partial charge in [0.15, 0.2) is 11.5 Å². The van der Waals surface area contributed by atoms with E-state index in [2.05, 4.69) is 38.2 Å². The van der Waals surface area contributed by atoms with E-state index in [1.807, 2.05) is 12.1 Å². The molecule has 3 N–H and O–H groups in total. The highest BCUT2D eigenvalue weighted by molar-refractivity contribution is 6.08. The van der Waals surface area contributed by atoms with E-state index >= 15 is 0 Å². The Bertz CT molecular complexity index is 784. The van der Waals surface area contributed by atoms with Crippen LogP contribution >= 0.6 is 0 Å². The fourth-order valence-corrected chi connectivity index (χ4v) is 2.41. The number of hydrogen-bond acceptors (Lipinski definition) is 3. The minimum Gasteiger partial charge on any atom is -0.449 e. The molecule has 2 aromatic carbocycles.